The molecule has 5 rings (SSSR count). The third-order valence-electron chi connectivity index (χ3n) is 6.77. The quantitative estimate of drug-likeness (QED) is 0.198. The lowest BCUT2D eigenvalue weighted by atomic mass is 10.1. The first-order valence-electron chi connectivity index (χ1n) is 13.2. The molecule has 6 heteroatoms. The van der Waals surface area contributed by atoms with Gasteiger partial charge in [0, 0.05) is 23.9 Å². The number of nitrogens with zero attached hydrogens (tertiary/aromatic N) is 2. The monoisotopic (exact) mass is 507 g/mol. The molecule has 4 aromatic carbocycles. The Labute approximate surface area is 223 Å². The van der Waals surface area contributed by atoms with Crippen molar-refractivity contribution in [2.75, 3.05) is 20.3 Å². The lowest BCUT2D eigenvalue weighted by Gasteiger charge is -2.12. The molecule has 38 heavy (non-hydrogen) atoms. The Hall–Kier alpha value is -4.32. The lowest BCUT2D eigenvalue weighted by Crippen LogP contribution is -2.24. The average molecular weight is 508 g/mol. The van der Waals surface area contributed by atoms with E-state index < -0.39 is 0 Å². The molecule has 0 spiro atoms. The van der Waals surface area contributed by atoms with E-state index in [1.165, 1.54) is 5.39 Å². The Bertz CT molecular complexity index is 1500. The van der Waals surface area contributed by atoms with Crippen LogP contribution >= 0.6 is 0 Å². The van der Waals surface area contributed by atoms with Crippen molar-refractivity contribution in [1.82, 2.24) is 14.9 Å². The van der Waals surface area contributed by atoms with Gasteiger partial charge >= 0.3 is 0 Å². The first-order chi connectivity index (χ1) is 18.7. The summed E-state index contributed by atoms with van der Waals surface area (Å²) in [6.07, 6.45) is 3.83. The van der Waals surface area contributed by atoms with E-state index >= 15 is 0 Å². The molecule has 194 valence electrons. The number of carbonyl (C=O) groups excluding carboxylic acids is 1. The summed E-state index contributed by atoms with van der Waals surface area (Å²) in [7, 11) is 1.62. The fraction of sp³-hybridized carbons (Fsp3) is 0.250. The zero-order chi connectivity index (χ0) is 26.2. The summed E-state index contributed by atoms with van der Waals surface area (Å²) in [4.78, 5) is 17.3. The molecule has 5 aromatic rings. The number of methoxy groups -OCH3 is 1. The van der Waals surface area contributed by atoms with Crippen molar-refractivity contribution < 1.29 is 14.3 Å². The number of carbonyl (C=O) groups is 1. The third kappa shape index (κ3) is 5.97. The van der Waals surface area contributed by atoms with Crippen LogP contribution in [0.25, 0.3) is 21.8 Å². The molecule has 0 aliphatic heterocycles. The summed E-state index contributed by atoms with van der Waals surface area (Å²) in [6.45, 7) is 1.95. The van der Waals surface area contributed by atoms with E-state index in [0.29, 0.717) is 18.7 Å². The van der Waals surface area contributed by atoms with Gasteiger partial charge in [-0.2, -0.15) is 0 Å². The standard InChI is InChI=1S/C32H33N3O3/c1-37-26-19-17-25(18-20-26)32(36)33-21-8-2-3-16-31-34-28-13-6-7-14-29(28)35(31)22-23-38-30-15-9-11-24-10-4-5-12-27(24)30/h4-7,9-15,17-20H,2-3,8,16,21-23H2,1H3,(H,33,36). The van der Waals surface area contributed by atoms with Crippen LogP contribution in [0.1, 0.15) is 35.4 Å². The van der Waals surface area contributed by atoms with Gasteiger partial charge in [-0.05, 0) is 60.7 Å². The topological polar surface area (TPSA) is 65.4 Å². The van der Waals surface area contributed by atoms with Gasteiger partial charge in [0.05, 0.1) is 24.7 Å². The summed E-state index contributed by atoms with van der Waals surface area (Å²) in [5.74, 6) is 2.68. The second-order valence-electron chi connectivity index (χ2n) is 9.29. The molecule has 0 fully saturated rings. The van der Waals surface area contributed by atoms with E-state index in [-0.39, 0.29) is 5.91 Å². The Balaban J connectivity index is 1.13. The number of benzene rings is 4. The maximum Gasteiger partial charge on any atom is 0.251 e. The minimum Gasteiger partial charge on any atom is -0.497 e. The van der Waals surface area contributed by atoms with E-state index in [1.807, 2.05) is 30.3 Å². The molecular formula is C32H33N3O3. The normalized spacial score (nSPS) is 11.1. The Kier molecular flexibility index (Phi) is 8.19. The van der Waals surface area contributed by atoms with Gasteiger partial charge in [-0.25, -0.2) is 4.98 Å². The number of aryl methyl sites for hydroxylation is 1. The van der Waals surface area contributed by atoms with Crippen molar-refractivity contribution in [3.63, 3.8) is 0 Å². The number of imidazole rings is 1. The van der Waals surface area contributed by atoms with Crippen LogP contribution in [0, 0.1) is 0 Å². The van der Waals surface area contributed by atoms with Gasteiger partial charge in [-0.3, -0.25) is 4.79 Å². The summed E-state index contributed by atoms with van der Waals surface area (Å²) in [5.41, 5.74) is 2.79. The van der Waals surface area contributed by atoms with Gasteiger partial charge in [0.15, 0.2) is 0 Å². The largest absolute Gasteiger partial charge is 0.497 e. The van der Waals surface area contributed by atoms with E-state index in [1.54, 1.807) is 31.4 Å². The summed E-state index contributed by atoms with van der Waals surface area (Å²) >= 11 is 0. The van der Waals surface area contributed by atoms with Crippen LogP contribution in [0.15, 0.2) is 91.0 Å². The molecule has 0 radical (unpaired) electrons. The summed E-state index contributed by atoms with van der Waals surface area (Å²) < 4.78 is 13.7. The number of aromatic nitrogens is 2. The molecule has 0 saturated carbocycles. The smallest absolute Gasteiger partial charge is 0.251 e. The van der Waals surface area contributed by atoms with Gasteiger partial charge < -0.3 is 19.4 Å². The average Bonchev–Trinajstić information content (AvgIpc) is 3.32. The van der Waals surface area contributed by atoms with Crippen molar-refractivity contribution in [2.45, 2.75) is 32.2 Å². The fourth-order valence-electron chi connectivity index (χ4n) is 4.77. The highest BCUT2D eigenvalue weighted by molar-refractivity contribution is 5.94. The van der Waals surface area contributed by atoms with Crippen molar-refractivity contribution in [3.05, 3.63) is 102 Å². The Morgan fingerprint density at radius 1 is 0.868 bits per heavy atom. The van der Waals surface area contributed by atoms with Gasteiger partial charge in [0.25, 0.3) is 5.91 Å². The maximum absolute atomic E-state index is 12.3. The van der Waals surface area contributed by atoms with Gasteiger partial charge in [-0.1, -0.05) is 55.0 Å². The van der Waals surface area contributed by atoms with E-state index in [4.69, 9.17) is 14.5 Å². The van der Waals surface area contributed by atoms with Gasteiger partial charge in [0.2, 0.25) is 0 Å². The number of fused-ring (bicyclic) bond motifs is 2. The van der Waals surface area contributed by atoms with Crippen LogP contribution in [0.5, 0.6) is 11.5 Å². The molecule has 0 unspecified atom stereocenters. The summed E-state index contributed by atoms with van der Waals surface area (Å²) in [6, 6.07) is 29.9. The highest BCUT2D eigenvalue weighted by atomic mass is 16.5. The number of nitrogens with one attached hydrogen (secondary N) is 1. The second-order valence-corrected chi connectivity index (χ2v) is 9.29. The molecule has 1 N–H and O–H groups in total. The molecule has 1 aromatic heterocycles. The fourth-order valence-corrected chi connectivity index (χ4v) is 4.77. The molecular weight excluding hydrogens is 474 g/mol. The SMILES string of the molecule is COc1ccc(C(=O)NCCCCCc2nc3ccccc3n2CCOc2cccc3ccccc23)cc1. The predicted octanol–water partition coefficient (Wildman–Crippen LogP) is 6.42. The van der Waals surface area contributed by atoms with E-state index in [9.17, 15) is 4.79 Å². The van der Waals surface area contributed by atoms with Gasteiger partial charge in [0.1, 0.15) is 23.9 Å². The van der Waals surface area contributed by atoms with Crippen molar-refractivity contribution in [1.29, 1.82) is 0 Å². The molecule has 0 aliphatic rings. The van der Waals surface area contributed by atoms with Crippen LogP contribution in [0.4, 0.5) is 0 Å². The van der Waals surface area contributed by atoms with Crippen LogP contribution in [0.3, 0.4) is 0 Å². The van der Waals surface area contributed by atoms with Crippen molar-refractivity contribution in [3.8, 4) is 11.5 Å². The molecule has 0 atom stereocenters. The number of amides is 1. The third-order valence-corrected chi connectivity index (χ3v) is 6.77. The molecule has 1 amide bonds. The predicted molar refractivity (Wildman–Crippen MR) is 152 cm³/mol. The second kappa shape index (κ2) is 12.3. The minimum atomic E-state index is -0.0550. The lowest BCUT2D eigenvalue weighted by molar-refractivity contribution is 0.0953. The number of unbranched alkanes of at least 4 members (excludes halogenated alkanes) is 2. The number of hydrogen-bond donors (Lipinski definition) is 1. The van der Waals surface area contributed by atoms with Crippen LogP contribution < -0.4 is 14.8 Å². The number of ether oxygens (including phenoxy) is 2. The highest BCUT2D eigenvalue weighted by Gasteiger charge is 2.11. The van der Waals surface area contributed by atoms with Crippen LogP contribution in [-0.2, 0) is 13.0 Å². The van der Waals surface area contributed by atoms with E-state index in [0.717, 1.165) is 66.0 Å². The Morgan fingerprint density at radius 2 is 1.66 bits per heavy atom. The van der Waals surface area contributed by atoms with Crippen LogP contribution in [-0.4, -0.2) is 35.7 Å². The highest BCUT2D eigenvalue weighted by Crippen LogP contribution is 2.25. The first-order valence-corrected chi connectivity index (χ1v) is 13.2. The molecule has 6 nitrogen and oxygen atoms in total. The minimum absolute atomic E-state index is 0.0550. The molecule has 1 heterocycles. The van der Waals surface area contributed by atoms with E-state index in [2.05, 4.69) is 46.3 Å². The zero-order valence-corrected chi connectivity index (χ0v) is 21.7. The first kappa shape index (κ1) is 25.3. The number of rotatable bonds is 12. The Morgan fingerprint density at radius 3 is 2.53 bits per heavy atom. The molecule has 0 bridgehead atoms. The van der Waals surface area contributed by atoms with Crippen LogP contribution in [0.2, 0.25) is 0 Å². The van der Waals surface area contributed by atoms with Gasteiger partial charge in [-0.15, -0.1) is 0 Å². The zero-order valence-electron chi connectivity index (χ0n) is 21.7. The molecule has 0 aliphatic carbocycles. The van der Waals surface area contributed by atoms with Crippen molar-refractivity contribution in [2.24, 2.45) is 0 Å². The number of para-hydroxylation sites is 2. The maximum atomic E-state index is 12.3. The number of hydrogen-bond acceptors (Lipinski definition) is 4. The van der Waals surface area contributed by atoms with Crippen molar-refractivity contribution >= 4 is 27.7 Å². The summed E-state index contributed by atoms with van der Waals surface area (Å²) in [5, 5.41) is 5.32. The molecule has 0 saturated heterocycles.